The topological polar surface area (TPSA) is 105 Å². The number of aromatic carboxylic acids is 1. The smallest absolute Gasteiger partial charge is 0.335 e. The monoisotopic (exact) mass is 385 g/mol. The maximum Gasteiger partial charge on any atom is 0.335 e. The molecule has 1 heterocycles. The molecule has 0 radical (unpaired) electrons. The molecule has 0 aliphatic heterocycles. The number of carboxylic acid groups (broad SMARTS) is 1. The molecule has 2 aromatic carbocycles. The number of benzene rings is 2. The highest BCUT2D eigenvalue weighted by molar-refractivity contribution is 6.30. The van der Waals surface area contributed by atoms with Gasteiger partial charge < -0.3 is 14.9 Å². The second-order valence-electron chi connectivity index (χ2n) is 5.81. The van der Waals surface area contributed by atoms with Gasteiger partial charge in [-0.1, -0.05) is 22.8 Å². The summed E-state index contributed by atoms with van der Waals surface area (Å²) in [4.78, 5) is 27.3. The number of amides is 1. The van der Waals surface area contributed by atoms with Crippen LogP contribution in [-0.4, -0.2) is 27.1 Å². The number of aryl methyl sites for hydroxylation is 1. The number of halogens is 1. The van der Waals surface area contributed by atoms with Crippen molar-refractivity contribution in [3.8, 4) is 11.4 Å². The van der Waals surface area contributed by atoms with Crippen LogP contribution in [0.3, 0.4) is 0 Å². The van der Waals surface area contributed by atoms with Crippen LogP contribution in [-0.2, 0) is 11.2 Å². The third-order valence-electron chi connectivity index (χ3n) is 3.76. The van der Waals surface area contributed by atoms with Gasteiger partial charge in [-0.3, -0.25) is 4.79 Å². The number of carboxylic acids is 1. The summed E-state index contributed by atoms with van der Waals surface area (Å²) < 4.78 is 5.20. The first-order chi connectivity index (χ1) is 13.0. The first kappa shape index (κ1) is 18.6. The van der Waals surface area contributed by atoms with Crippen molar-refractivity contribution in [1.29, 1.82) is 0 Å². The van der Waals surface area contributed by atoms with Crippen LogP contribution in [0.4, 0.5) is 5.69 Å². The van der Waals surface area contributed by atoms with Crippen molar-refractivity contribution in [2.24, 2.45) is 0 Å². The van der Waals surface area contributed by atoms with E-state index in [1.165, 1.54) is 12.1 Å². The predicted molar refractivity (Wildman–Crippen MR) is 99.7 cm³/mol. The third-order valence-corrected chi connectivity index (χ3v) is 4.01. The van der Waals surface area contributed by atoms with Crippen LogP contribution < -0.4 is 5.32 Å². The maximum atomic E-state index is 12.0. The molecular formula is C19H16ClN3O4. The number of nitrogens with zero attached hydrogens (tertiary/aromatic N) is 2. The molecular weight excluding hydrogens is 370 g/mol. The average Bonchev–Trinajstić information content (AvgIpc) is 3.11. The Morgan fingerprint density at radius 3 is 2.67 bits per heavy atom. The standard InChI is InChI=1S/C19H16ClN3O4/c20-14-9-7-12(8-10-14)18-22-17(27-23-18)6-2-5-16(24)21-15-4-1-3-13(11-15)19(25)26/h1,3-4,7-11H,2,5-6H2,(H,21,24)(H,25,26). The molecule has 3 rings (SSSR count). The zero-order chi connectivity index (χ0) is 19.2. The zero-order valence-electron chi connectivity index (χ0n) is 14.2. The van der Waals surface area contributed by atoms with Gasteiger partial charge in [0.05, 0.1) is 5.56 Å². The second-order valence-corrected chi connectivity index (χ2v) is 6.24. The minimum absolute atomic E-state index is 0.119. The fourth-order valence-electron chi connectivity index (χ4n) is 2.43. The molecule has 7 nitrogen and oxygen atoms in total. The third kappa shape index (κ3) is 5.15. The van der Waals surface area contributed by atoms with Gasteiger partial charge in [0, 0.05) is 29.1 Å². The summed E-state index contributed by atoms with van der Waals surface area (Å²) in [6.45, 7) is 0. The van der Waals surface area contributed by atoms with Gasteiger partial charge in [0.25, 0.3) is 0 Å². The highest BCUT2D eigenvalue weighted by atomic mass is 35.5. The number of nitrogens with one attached hydrogen (secondary N) is 1. The number of hydrogen-bond donors (Lipinski definition) is 2. The van der Waals surface area contributed by atoms with Gasteiger partial charge in [0.15, 0.2) is 0 Å². The normalized spacial score (nSPS) is 10.6. The summed E-state index contributed by atoms with van der Waals surface area (Å²) in [5.41, 5.74) is 1.36. The van der Waals surface area contributed by atoms with Gasteiger partial charge in [-0.05, 0) is 48.9 Å². The van der Waals surface area contributed by atoms with Crippen LogP contribution in [0.25, 0.3) is 11.4 Å². The summed E-state index contributed by atoms with van der Waals surface area (Å²) in [7, 11) is 0. The summed E-state index contributed by atoms with van der Waals surface area (Å²) in [5, 5.41) is 16.2. The molecule has 0 aliphatic carbocycles. The molecule has 3 aromatic rings. The number of anilines is 1. The van der Waals surface area contributed by atoms with Gasteiger partial charge in [-0.25, -0.2) is 4.79 Å². The Bertz CT molecular complexity index is 954. The van der Waals surface area contributed by atoms with Crippen LogP contribution >= 0.6 is 11.6 Å². The van der Waals surface area contributed by atoms with Gasteiger partial charge in [0.2, 0.25) is 17.6 Å². The van der Waals surface area contributed by atoms with Crippen molar-refractivity contribution in [3.05, 3.63) is 65.0 Å². The van der Waals surface area contributed by atoms with Crippen LogP contribution in [0.15, 0.2) is 53.1 Å². The van der Waals surface area contributed by atoms with Crippen molar-refractivity contribution >= 4 is 29.2 Å². The lowest BCUT2D eigenvalue weighted by Gasteiger charge is -2.05. The predicted octanol–water partition coefficient (Wildman–Crippen LogP) is 4.05. The lowest BCUT2D eigenvalue weighted by Crippen LogP contribution is -2.12. The molecule has 2 N–H and O–H groups in total. The van der Waals surface area contributed by atoms with Crippen molar-refractivity contribution < 1.29 is 19.2 Å². The van der Waals surface area contributed by atoms with E-state index >= 15 is 0 Å². The van der Waals surface area contributed by atoms with E-state index in [1.54, 1.807) is 36.4 Å². The van der Waals surface area contributed by atoms with E-state index in [2.05, 4.69) is 15.5 Å². The molecule has 0 saturated heterocycles. The highest BCUT2D eigenvalue weighted by Crippen LogP contribution is 2.19. The fourth-order valence-corrected chi connectivity index (χ4v) is 2.55. The maximum absolute atomic E-state index is 12.0. The molecule has 1 amide bonds. The van der Waals surface area contributed by atoms with E-state index in [9.17, 15) is 9.59 Å². The number of rotatable bonds is 7. The van der Waals surface area contributed by atoms with Crippen molar-refractivity contribution in [2.75, 3.05) is 5.32 Å². The summed E-state index contributed by atoms with van der Waals surface area (Å²) in [5.74, 6) is -0.341. The Kier molecular flexibility index (Phi) is 5.83. The number of hydrogen-bond acceptors (Lipinski definition) is 5. The summed E-state index contributed by atoms with van der Waals surface area (Å²) in [6.07, 6.45) is 1.23. The molecule has 0 fully saturated rings. The van der Waals surface area contributed by atoms with Crippen molar-refractivity contribution in [1.82, 2.24) is 10.1 Å². The minimum atomic E-state index is -1.04. The molecule has 27 heavy (non-hydrogen) atoms. The molecule has 0 bridgehead atoms. The fraction of sp³-hybridized carbons (Fsp3) is 0.158. The van der Waals surface area contributed by atoms with E-state index in [0.29, 0.717) is 35.3 Å². The Balaban J connectivity index is 1.50. The Morgan fingerprint density at radius 2 is 1.93 bits per heavy atom. The first-order valence-electron chi connectivity index (χ1n) is 8.23. The van der Waals surface area contributed by atoms with E-state index in [4.69, 9.17) is 21.2 Å². The highest BCUT2D eigenvalue weighted by Gasteiger charge is 2.10. The van der Waals surface area contributed by atoms with Gasteiger partial charge in [-0.2, -0.15) is 4.98 Å². The Labute approximate surface area is 160 Å². The molecule has 8 heteroatoms. The van der Waals surface area contributed by atoms with Crippen LogP contribution in [0, 0.1) is 0 Å². The second kappa shape index (κ2) is 8.46. The molecule has 0 spiro atoms. The van der Waals surface area contributed by atoms with Gasteiger partial charge in [0.1, 0.15) is 0 Å². The van der Waals surface area contributed by atoms with Crippen LogP contribution in [0.2, 0.25) is 5.02 Å². The van der Waals surface area contributed by atoms with Gasteiger partial charge >= 0.3 is 5.97 Å². The molecule has 0 unspecified atom stereocenters. The summed E-state index contributed by atoms with van der Waals surface area (Å²) >= 11 is 5.85. The minimum Gasteiger partial charge on any atom is -0.478 e. The largest absolute Gasteiger partial charge is 0.478 e. The molecule has 0 atom stereocenters. The number of carbonyl (C=O) groups excluding carboxylic acids is 1. The van der Waals surface area contributed by atoms with E-state index in [1.807, 2.05) is 0 Å². The van der Waals surface area contributed by atoms with Crippen LogP contribution in [0.5, 0.6) is 0 Å². The molecule has 1 aromatic heterocycles. The van der Waals surface area contributed by atoms with Gasteiger partial charge in [-0.15, -0.1) is 0 Å². The lowest BCUT2D eigenvalue weighted by molar-refractivity contribution is -0.116. The SMILES string of the molecule is O=C(CCCc1nc(-c2ccc(Cl)cc2)no1)Nc1cccc(C(=O)O)c1. The Hall–Kier alpha value is -3.19. The number of aromatic nitrogens is 2. The Morgan fingerprint density at radius 1 is 1.15 bits per heavy atom. The molecule has 0 aliphatic rings. The van der Waals surface area contributed by atoms with E-state index in [0.717, 1.165) is 5.56 Å². The van der Waals surface area contributed by atoms with Crippen molar-refractivity contribution in [3.63, 3.8) is 0 Å². The molecule has 0 saturated carbocycles. The van der Waals surface area contributed by atoms with E-state index < -0.39 is 5.97 Å². The van der Waals surface area contributed by atoms with Crippen molar-refractivity contribution in [2.45, 2.75) is 19.3 Å². The summed E-state index contributed by atoms with van der Waals surface area (Å²) in [6, 6.07) is 13.2. The quantitative estimate of drug-likeness (QED) is 0.635. The van der Waals surface area contributed by atoms with Crippen LogP contribution in [0.1, 0.15) is 29.1 Å². The zero-order valence-corrected chi connectivity index (χ0v) is 14.9. The number of carbonyl (C=O) groups is 2. The molecule has 138 valence electrons. The average molecular weight is 386 g/mol. The lowest BCUT2D eigenvalue weighted by atomic mass is 10.2. The first-order valence-corrected chi connectivity index (χ1v) is 8.61. The van der Waals surface area contributed by atoms with E-state index in [-0.39, 0.29) is 17.9 Å².